The summed E-state index contributed by atoms with van der Waals surface area (Å²) in [7, 11) is 1.64. The van der Waals surface area contributed by atoms with Gasteiger partial charge in [-0.05, 0) is 30.9 Å². The predicted octanol–water partition coefficient (Wildman–Crippen LogP) is 4.44. The van der Waals surface area contributed by atoms with Crippen molar-refractivity contribution in [2.24, 2.45) is 0 Å². The molecule has 4 nitrogen and oxygen atoms in total. The number of ether oxygens (including phenoxy) is 1. The van der Waals surface area contributed by atoms with E-state index in [9.17, 15) is 4.79 Å². The molecular formula is C19H20N2O2S2. The molecule has 0 radical (unpaired) electrons. The molecule has 1 aromatic carbocycles. The standard InChI is InChI=1S/C19H20N2O2S2/c1-13-21-19(16-8-5-11-24-16)17(25-13)9-10-18(22)20-12-14-6-3-4-7-15(14)23-2/h3-8,11H,9-10,12H2,1-2H3,(H,20,22). The van der Waals surface area contributed by atoms with Crippen molar-refractivity contribution in [1.82, 2.24) is 10.3 Å². The van der Waals surface area contributed by atoms with Crippen molar-refractivity contribution < 1.29 is 9.53 Å². The topological polar surface area (TPSA) is 51.2 Å². The highest BCUT2D eigenvalue weighted by Crippen LogP contribution is 2.32. The maximum atomic E-state index is 12.2. The lowest BCUT2D eigenvalue weighted by Crippen LogP contribution is -2.23. The maximum absolute atomic E-state index is 12.2. The largest absolute Gasteiger partial charge is 0.496 e. The van der Waals surface area contributed by atoms with Gasteiger partial charge in [0.2, 0.25) is 5.91 Å². The summed E-state index contributed by atoms with van der Waals surface area (Å²) in [5, 5.41) is 6.06. The van der Waals surface area contributed by atoms with E-state index in [2.05, 4.69) is 16.4 Å². The molecule has 0 aliphatic carbocycles. The van der Waals surface area contributed by atoms with Crippen molar-refractivity contribution in [1.29, 1.82) is 0 Å². The molecule has 0 aliphatic rings. The summed E-state index contributed by atoms with van der Waals surface area (Å²) >= 11 is 3.35. The van der Waals surface area contributed by atoms with Gasteiger partial charge in [0.1, 0.15) is 5.75 Å². The average molecular weight is 373 g/mol. The zero-order chi connectivity index (χ0) is 17.6. The van der Waals surface area contributed by atoms with Gasteiger partial charge >= 0.3 is 0 Å². The van der Waals surface area contributed by atoms with Crippen LogP contribution in [0, 0.1) is 6.92 Å². The molecule has 0 atom stereocenters. The fraction of sp³-hybridized carbons (Fsp3) is 0.263. The number of para-hydroxylation sites is 1. The number of hydrogen-bond donors (Lipinski definition) is 1. The van der Waals surface area contributed by atoms with Gasteiger partial charge in [-0.15, -0.1) is 22.7 Å². The molecule has 0 spiro atoms. The molecule has 3 aromatic rings. The molecule has 1 amide bonds. The van der Waals surface area contributed by atoms with Crippen molar-refractivity contribution in [3.05, 3.63) is 57.2 Å². The molecule has 0 bridgehead atoms. The molecule has 0 fully saturated rings. The molecule has 2 heterocycles. The summed E-state index contributed by atoms with van der Waals surface area (Å²) in [6, 6.07) is 11.8. The van der Waals surface area contributed by atoms with Gasteiger partial charge in [0.15, 0.2) is 0 Å². The minimum Gasteiger partial charge on any atom is -0.496 e. The van der Waals surface area contributed by atoms with Gasteiger partial charge in [0, 0.05) is 23.4 Å². The third-order valence-electron chi connectivity index (χ3n) is 3.81. The Kier molecular flexibility index (Phi) is 5.83. The summed E-state index contributed by atoms with van der Waals surface area (Å²) in [6.07, 6.45) is 1.16. The molecule has 1 N–H and O–H groups in total. The Morgan fingerprint density at radius 2 is 2.08 bits per heavy atom. The lowest BCUT2D eigenvalue weighted by atomic mass is 10.2. The Morgan fingerprint density at radius 3 is 2.84 bits per heavy atom. The average Bonchev–Trinajstić information content (AvgIpc) is 3.27. The first kappa shape index (κ1) is 17.6. The number of nitrogens with zero attached hydrogens (tertiary/aromatic N) is 1. The fourth-order valence-electron chi connectivity index (χ4n) is 2.60. The second-order valence-electron chi connectivity index (χ2n) is 5.57. The van der Waals surface area contributed by atoms with Crippen LogP contribution in [-0.2, 0) is 17.8 Å². The highest BCUT2D eigenvalue weighted by molar-refractivity contribution is 7.15. The first-order valence-electron chi connectivity index (χ1n) is 8.06. The van der Waals surface area contributed by atoms with Crippen molar-refractivity contribution in [2.45, 2.75) is 26.3 Å². The van der Waals surface area contributed by atoms with E-state index in [0.717, 1.165) is 26.9 Å². The van der Waals surface area contributed by atoms with Crippen molar-refractivity contribution >= 4 is 28.6 Å². The molecule has 2 aromatic heterocycles. The van der Waals surface area contributed by atoms with Crippen LogP contribution in [0.15, 0.2) is 41.8 Å². The van der Waals surface area contributed by atoms with Crippen LogP contribution in [-0.4, -0.2) is 18.0 Å². The lowest BCUT2D eigenvalue weighted by Gasteiger charge is -2.09. The van der Waals surface area contributed by atoms with Gasteiger partial charge in [-0.25, -0.2) is 4.98 Å². The van der Waals surface area contributed by atoms with Gasteiger partial charge in [-0.1, -0.05) is 24.3 Å². The minimum absolute atomic E-state index is 0.0362. The third-order valence-corrected chi connectivity index (χ3v) is 5.71. The number of benzene rings is 1. The Hall–Kier alpha value is -2.18. The van der Waals surface area contributed by atoms with Gasteiger partial charge in [-0.3, -0.25) is 4.79 Å². The van der Waals surface area contributed by atoms with Crippen LogP contribution in [0.4, 0.5) is 0 Å². The quantitative estimate of drug-likeness (QED) is 0.667. The second-order valence-corrected chi connectivity index (χ2v) is 7.81. The number of carbonyl (C=O) groups excluding carboxylic acids is 1. The molecule has 0 saturated carbocycles. The van der Waals surface area contributed by atoms with E-state index < -0.39 is 0 Å². The highest BCUT2D eigenvalue weighted by Gasteiger charge is 2.14. The highest BCUT2D eigenvalue weighted by atomic mass is 32.1. The smallest absolute Gasteiger partial charge is 0.220 e. The van der Waals surface area contributed by atoms with Gasteiger partial charge < -0.3 is 10.1 Å². The number of thiophene rings is 1. The summed E-state index contributed by atoms with van der Waals surface area (Å²) in [4.78, 5) is 19.2. The summed E-state index contributed by atoms with van der Waals surface area (Å²) in [6.45, 7) is 2.48. The van der Waals surface area contributed by atoms with E-state index in [-0.39, 0.29) is 5.91 Å². The van der Waals surface area contributed by atoms with E-state index in [0.29, 0.717) is 19.4 Å². The Bertz CT molecular complexity index is 841. The van der Waals surface area contributed by atoms with Gasteiger partial charge in [0.25, 0.3) is 0 Å². The van der Waals surface area contributed by atoms with Crippen LogP contribution in [0.1, 0.15) is 21.9 Å². The van der Waals surface area contributed by atoms with Crippen LogP contribution in [0.2, 0.25) is 0 Å². The fourth-order valence-corrected chi connectivity index (χ4v) is 4.36. The van der Waals surface area contributed by atoms with E-state index in [1.165, 1.54) is 4.88 Å². The normalized spacial score (nSPS) is 10.6. The molecule has 0 aliphatic heterocycles. The molecule has 3 rings (SSSR count). The van der Waals surface area contributed by atoms with Crippen LogP contribution in [0.5, 0.6) is 5.75 Å². The predicted molar refractivity (Wildman–Crippen MR) is 103 cm³/mol. The molecule has 0 saturated heterocycles. The molecule has 130 valence electrons. The molecular weight excluding hydrogens is 352 g/mol. The second kappa shape index (κ2) is 8.27. The number of amides is 1. The number of hydrogen-bond acceptors (Lipinski definition) is 5. The van der Waals surface area contributed by atoms with Crippen LogP contribution in [0.25, 0.3) is 10.6 Å². The number of methoxy groups -OCH3 is 1. The zero-order valence-corrected chi connectivity index (χ0v) is 15.9. The Morgan fingerprint density at radius 1 is 1.24 bits per heavy atom. The molecule has 25 heavy (non-hydrogen) atoms. The summed E-state index contributed by atoms with van der Waals surface area (Å²) < 4.78 is 5.31. The van der Waals surface area contributed by atoms with Crippen LogP contribution >= 0.6 is 22.7 Å². The summed E-state index contributed by atoms with van der Waals surface area (Å²) in [5.74, 6) is 0.829. The van der Waals surface area contributed by atoms with E-state index >= 15 is 0 Å². The van der Waals surface area contributed by atoms with Crippen molar-refractivity contribution in [2.75, 3.05) is 7.11 Å². The van der Waals surface area contributed by atoms with Crippen molar-refractivity contribution in [3.63, 3.8) is 0 Å². The SMILES string of the molecule is COc1ccccc1CNC(=O)CCc1sc(C)nc1-c1cccs1. The monoisotopic (exact) mass is 372 g/mol. The zero-order valence-electron chi connectivity index (χ0n) is 14.2. The Labute approximate surface area is 155 Å². The van der Waals surface area contributed by atoms with Crippen LogP contribution in [0.3, 0.4) is 0 Å². The molecule has 0 unspecified atom stereocenters. The van der Waals surface area contributed by atoms with E-state index in [4.69, 9.17) is 4.74 Å². The van der Waals surface area contributed by atoms with E-state index in [1.807, 2.05) is 42.6 Å². The number of aromatic nitrogens is 1. The lowest BCUT2D eigenvalue weighted by molar-refractivity contribution is -0.121. The molecule has 6 heteroatoms. The maximum Gasteiger partial charge on any atom is 0.220 e. The van der Waals surface area contributed by atoms with Crippen LogP contribution < -0.4 is 10.1 Å². The first-order valence-corrected chi connectivity index (χ1v) is 9.75. The number of aryl methyl sites for hydroxylation is 2. The Balaban J connectivity index is 1.58. The van der Waals surface area contributed by atoms with E-state index in [1.54, 1.807) is 29.8 Å². The number of nitrogens with one attached hydrogen (secondary N) is 1. The van der Waals surface area contributed by atoms with Crippen molar-refractivity contribution in [3.8, 4) is 16.3 Å². The first-order chi connectivity index (χ1) is 12.2. The number of carbonyl (C=O) groups is 1. The van der Waals surface area contributed by atoms with Gasteiger partial charge in [-0.2, -0.15) is 0 Å². The van der Waals surface area contributed by atoms with Gasteiger partial charge in [0.05, 0.1) is 22.7 Å². The summed E-state index contributed by atoms with van der Waals surface area (Å²) in [5.41, 5.74) is 2.00. The minimum atomic E-state index is 0.0362. The third kappa shape index (κ3) is 4.46. The number of thiazole rings is 1. The number of rotatable bonds is 7.